The van der Waals surface area contributed by atoms with Gasteiger partial charge in [-0.3, -0.25) is 14.2 Å². The van der Waals surface area contributed by atoms with Crippen molar-refractivity contribution in [3.63, 3.8) is 0 Å². The number of piperidine rings is 1. The number of thioether (sulfide) groups is 2. The van der Waals surface area contributed by atoms with Crippen molar-refractivity contribution in [2.24, 2.45) is 5.92 Å². The van der Waals surface area contributed by atoms with Crippen molar-refractivity contribution in [3.05, 3.63) is 81.6 Å². The number of para-hydroxylation sites is 1. The Balaban J connectivity index is 1.38. The monoisotopic (exact) mass is 634 g/mol. The van der Waals surface area contributed by atoms with Gasteiger partial charge in [0.2, 0.25) is 0 Å². The lowest BCUT2D eigenvalue weighted by Gasteiger charge is -2.32. The van der Waals surface area contributed by atoms with Gasteiger partial charge >= 0.3 is 0 Å². The van der Waals surface area contributed by atoms with Crippen LogP contribution in [-0.4, -0.2) is 51.8 Å². The van der Waals surface area contributed by atoms with Crippen LogP contribution in [0.5, 0.6) is 0 Å². The summed E-state index contributed by atoms with van der Waals surface area (Å²) in [4.78, 5) is 31.3. The van der Waals surface area contributed by atoms with Crippen LogP contribution >= 0.6 is 51.1 Å². The number of aromatic nitrogens is 1. The van der Waals surface area contributed by atoms with Crippen LogP contribution in [0.25, 0.3) is 0 Å². The fourth-order valence-electron chi connectivity index (χ4n) is 4.48. The minimum Gasteiger partial charge on any atom is -0.384 e. The average molecular weight is 636 g/mol. The first-order valence-corrected chi connectivity index (χ1v) is 16.1. The van der Waals surface area contributed by atoms with E-state index >= 15 is 0 Å². The smallest absolute Gasteiger partial charge is 0.265 e. The lowest BCUT2D eigenvalue weighted by Crippen LogP contribution is -2.38. The number of carbonyl (C=O) groups is 1. The second kappa shape index (κ2) is 14.5. The molecule has 1 aromatic heterocycles. The van der Waals surface area contributed by atoms with Crippen LogP contribution in [0, 0.1) is 5.92 Å². The highest BCUT2D eigenvalue weighted by atomic mass is 79.9. The fraction of sp³-hybridized carbons (Fsp3) is 0.357. The van der Waals surface area contributed by atoms with Gasteiger partial charge in [0.15, 0.2) is 0 Å². The second-order valence-electron chi connectivity index (χ2n) is 9.14. The fourth-order valence-corrected chi connectivity index (χ4v) is 6.86. The van der Waals surface area contributed by atoms with Gasteiger partial charge in [-0.25, -0.2) is 0 Å². The van der Waals surface area contributed by atoms with Crippen molar-refractivity contribution < 1.29 is 4.79 Å². The predicted octanol–water partition coefficient (Wildman–Crippen LogP) is 6.33. The maximum Gasteiger partial charge on any atom is 0.265 e. The molecule has 1 aliphatic heterocycles. The number of likely N-dealkylation sites (tertiary alicyclic amines) is 1. The number of hydrogen-bond acceptors (Lipinski definition) is 6. The summed E-state index contributed by atoms with van der Waals surface area (Å²) in [7, 11) is 0. The Morgan fingerprint density at radius 3 is 2.50 bits per heavy atom. The number of anilines is 2. The number of hydrogen-bond donors (Lipinski definition) is 2. The number of halogens is 2. The molecule has 1 aliphatic rings. The van der Waals surface area contributed by atoms with Crippen molar-refractivity contribution in [1.29, 1.82) is 0 Å². The Hall–Kier alpha value is -1.91. The maximum atomic E-state index is 13.4. The topological polar surface area (TPSA) is 80.4 Å². The maximum absolute atomic E-state index is 13.4. The number of nitrogens with one attached hydrogen (secondary N) is 1. The molecule has 2 heterocycles. The van der Waals surface area contributed by atoms with E-state index in [-0.39, 0.29) is 16.4 Å². The van der Waals surface area contributed by atoms with Crippen molar-refractivity contribution in [2.75, 3.05) is 47.5 Å². The average Bonchev–Trinajstić information content (AvgIpc) is 2.94. The van der Waals surface area contributed by atoms with E-state index in [1.807, 2.05) is 42.1 Å². The molecule has 10 heteroatoms. The summed E-state index contributed by atoms with van der Waals surface area (Å²) >= 11 is 13.3. The Kier molecular flexibility index (Phi) is 11.1. The molecule has 0 saturated carbocycles. The first-order valence-electron chi connectivity index (χ1n) is 12.6. The summed E-state index contributed by atoms with van der Waals surface area (Å²) in [6, 6.07) is 19.4. The van der Waals surface area contributed by atoms with Gasteiger partial charge in [0.05, 0.1) is 10.7 Å². The zero-order valence-corrected chi connectivity index (χ0v) is 25.1. The van der Waals surface area contributed by atoms with Crippen LogP contribution in [-0.2, 0) is 6.54 Å². The second-order valence-corrected chi connectivity index (χ2v) is 12.6. The molecular formula is C28H32BrClN4O2S2. The third-order valence-corrected chi connectivity index (χ3v) is 9.86. The Morgan fingerprint density at radius 1 is 1.05 bits per heavy atom. The van der Waals surface area contributed by atoms with Gasteiger partial charge in [-0.15, -0.1) is 23.5 Å². The van der Waals surface area contributed by atoms with E-state index in [0.29, 0.717) is 18.2 Å². The molecule has 2 aromatic carbocycles. The minimum absolute atomic E-state index is 0.000123. The summed E-state index contributed by atoms with van der Waals surface area (Å²) < 4.78 is 1.48. The van der Waals surface area contributed by atoms with E-state index in [1.165, 1.54) is 15.5 Å². The number of alkyl halides is 1. The van der Waals surface area contributed by atoms with E-state index in [0.717, 1.165) is 54.2 Å². The largest absolute Gasteiger partial charge is 0.384 e. The molecule has 6 nitrogen and oxygen atoms in total. The molecule has 38 heavy (non-hydrogen) atoms. The first kappa shape index (κ1) is 29.1. The molecule has 0 radical (unpaired) electrons. The zero-order valence-electron chi connectivity index (χ0n) is 21.1. The molecule has 1 amide bonds. The van der Waals surface area contributed by atoms with Gasteiger partial charge in [0.25, 0.3) is 11.5 Å². The highest BCUT2D eigenvalue weighted by molar-refractivity contribution is 9.09. The standard InChI is InChI=1S/C28H32BrClN4O2S2/c29-12-16-38-25-9-5-4-8-24(25)32-27(35)22-18-23(30)26(31)34(28(22)36)19-20-10-13-33(14-11-20)15-17-37-21-6-2-1-3-7-21/h1-9,18,20H,10-17,19,31H2,(H,32,35). The number of benzene rings is 2. The number of nitrogens with zero attached hydrogens (tertiary/aromatic N) is 2. The molecule has 0 unspecified atom stereocenters. The van der Waals surface area contributed by atoms with Crippen LogP contribution in [0.3, 0.4) is 0 Å². The molecule has 3 aromatic rings. The van der Waals surface area contributed by atoms with Crippen LogP contribution in [0.2, 0.25) is 5.02 Å². The van der Waals surface area contributed by atoms with E-state index in [2.05, 4.69) is 50.4 Å². The number of amides is 1. The molecule has 3 N–H and O–H groups in total. The number of carbonyl (C=O) groups excluding carboxylic acids is 1. The summed E-state index contributed by atoms with van der Waals surface area (Å²) in [6.45, 7) is 3.44. The SMILES string of the molecule is Nc1c(Cl)cc(C(=O)Nc2ccccc2SCCBr)c(=O)n1CC1CCN(CCSc2ccccc2)CC1. The molecule has 4 rings (SSSR count). The summed E-state index contributed by atoms with van der Waals surface area (Å²) in [5.41, 5.74) is 6.49. The van der Waals surface area contributed by atoms with Crippen LogP contribution in [0.1, 0.15) is 23.2 Å². The molecular weight excluding hydrogens is 604 g/mol. The van der Waals surface area contributed by atoms with E-state index < -0.39 is 11.5 Å². The molecule has 0 atom stereocenters. The van der Waals surface area contributed by atoms with E-state index in [4.69, 9.17) is 17.3 Å². The van der Waals surface area contributed by atoms with Gasteiger partial charge in [-0.1, -0.05) is 57.9 Å². The van der Waals surface area contributed by atoms with Gasteiger partial charge in [0.1, 0.15) is 11.4 Å². The molecule has 1 fully saturated rings. The quantitative estimate of drug-likeness (QED) is 0.189. The summed E-state index contributed by atoms with van der Waals surface area (Å²) in [6.07, 6.45) is 1.93. The van der Waals surface area contributed by atoms with Gasteiger partial charge in [-0.2, -0.15) is 0 Å². The Bertz CT molecular complexity index is 1280. The van der Waals surface area contributed by atoms with Crippen molar-refractivity contribution >= 4 is 68.5 Å². The molecule has 0 spiro atoms. The molecule has 0 bridgehead atoms. The molecule has 202 valence electrons. The predicted molar refractivity (Wildman–Crippen MR) is 165 cm³/mol. The Morgan fingerprint density at radius 2 is 1.76 bits per heavy atom. The number of pyridine rings is 1. The van der Waals surface area contributed by atoms with Crippen molar-refractivity contribution in [3.8, 4) is 0 Å². The third-order valence-electron chi connectivity index (χ3n) is 6.56. The lowest BCUT2D eigenvalue weighted by molar-refractivity contribution is 0.102. The lowest BCUT2D eigenvalue weighted by atomic mass is 9.96. The van der Waals surface area contributed by atoms with E-state index in [1.54, 1.807) is 11.8 Å². The highest BCUT2D eigenvalue weighted by Crippen LogP contribution is 2.28. The molecule has 1 saturated heterocycles. The number of nitrogen functional groups attached to an aromatic ring is 1. The van der Waals surface area contributed by atoms with Crippen molar-refractivity contribution in [1.82, 2.24) is 9.47 Å². The van der Waals surface area contributed by atoms with E-state index in [9.17, 15) is 9.59 Å². The van der Waals surface area contributed by atoms with Gasteiger partial charge in [0, 0.05) is 39.7 Å². The van der Waals surface area contributed by atoms with Crippen molar-refractivity contribution in [2.45, 2.75) is 29.2 Å². The van der Waals surface area contributed by atoms with Gasteiger partial charge < -0.3 is 16.0 Å². The third kappa shape index (κ3) is 7.82. The van der Waals surface area contributed by atoms with Crippen LogP contribution in [0.4, 0.5) is 11.5 Å². The normalized spacial score (nSPS) is 14.5. The van der Waals surface area contributed by atoms with Crippen LogP contribution < -0.4 is 16.6 Å². The summed E-state index contributed by atoms with van der Waals surface area (Å²) in [5.74, 6) is 1.93. The number of nitrogens with two attached hydrogens (primary N) is 1. The Labute approximate surface area is 245 Å². The first-order chi connectivity index (χ1) is 18.5. The summed E-state index contributed by atoms with van der Waals surface area (Å²) in [5, 5.41) is 3.95. The minimum atomic E-state index is -0.483. The van der Waals surface area contributed by atoms with Gasteiger partial charge in [-0.05, 0) is 62.2 Å². The highest BCUT2D eigenvalue weighted by Gasteiger charge is 2.23. The number of rotatable bonds is 11. The molecule has 0 aliphatic carbocycles. The van der Waals surface area contributed by atoms with Crippen LogP contribution in [0.15, 0.2) is 75.2 Å². The zero-order chi connectivity index (χ0) is 26.9.